The van der Waals surface area contributed by atoms with Crippen molar-refractivity contribution in [2.45, 2.75) is 77.4 Å². The molecule has 4 aliphatic carbocycles. The van der Waals surface area contributed by atoms with Gasteiger partial charge in [0, 0.05) is 10.8 Å². The fourth-order valence-corrected chi connectivity index (χ4v) is 6.26. The normalized spacial score (nSPS) is 42.8. The van der Waals surface area contributed by atoms with Gasteiger partial charge in [0.1, 0.15) is 5.60 Å². The summed E-state index contributed by atoms with van der Waals surface area (Å²) in [5, 5.41) is 9.38. The van der Waals surface area contributed by atoms with Crippen LogP contribution in [0.2, 0.25) is 0 Å². The molecule has 3 bridgehead atoms. The topological polar surface area (TPSA) is 55.8 Å². The van der Waals surface area contributed by atoms with E-state index in [0.29, 0.717) is 12.0 Å². The highest BCUT2D eigenvalue weighted by Gasteiger charge is 2.76. The molecule has 4 nitrogen and oxygen atoms in total. The second kappa shape index (κ2) is 4.97. The Morgan fingerprint density at radius 1 is 1.08 bits per heavy atom. The summed E-state index contributed by atoms with van der Waals surface area (Å²) >= 11 is 0. The fourth-order valence-electron chi connectivity index (χ4n) is 6.26. The van der Waals surface area contributed by atoms with E-state index >= 15 is 0 Å². The van der Waals surface area contributed by atoms with Gasteiger partial charge in [-0.3, -0.25) is 0 Å². The molecule has 4 fully saturated rings. The third-order valence-electron chi connectivity index (χ3n) is 7.51. The quantitative estimate of drug-likeness (QED) is 0.756. The van der Waals surface area contributed by atoms with Crippen molar-refractivity contribution in [3.05, 3.63) is 0 Å². The van der Waals surface area contributed by atoms with Crippen molar-refractivity contribution in [3.63, 3.8) is 0 Å². The number of ether oxygens (including phenoxy) is 2. The lowest BCUT2D eigenvalue weighted by atomic mass is 9.52. The zero-order chi connectivity index (χ0) is 17.4. The summed E-state index contributed by atoms with van der Waals surface area (Å²) in [5.74, 6) is 2.22. The highest BCUT2D eigenvalue weighted by molar-refractivity contribution is 5.79. The summed E-state index contributed by atoms with van der Waals surface area (Å²) in [6, 6.07) is 0. The maximum atomic E-state index is 12.9. The first-order valence-electron chi connectivity index (χ1n) is 9.60. The maximum absolute atomic E-state index is 12.9. The first kappa shape index (κ1) is 16.8. The standard InChI is InChI=1S/C20H32O4/c1-17(2,11-21)12-23-18(3,4)16(22)24-20-9-14-5-13-6-15(10-20)19(20,7-13)8-14/h13-15,21H,5-12H2,1-4H3. The molecular formula is C20H32O4. The minimum Gasteiger partial charge on any atom is -0.456 e. The Labute approximate surface area is 145 Å². The van der Waals surface area contributed by atoms with Crippen molar-refractivity contribution in [2.24, 2.45) is 28.6 Å². The van der Waals surface area contributed by atoms with E-state index in [1.807, 2.05) is 13.8 Å². The van der Waals surface area contributed by atoms with Gasteiger partial charge in [0.05, 0.1) is 13.2 Å². The summed E-state index contributed by atoms with van der Waals surface area (Å²) in [7, 11) is 0. The highest BCUT2D eigenvalue weighted by atomic mass is 16.6. The summed E-state index contributed by atoms with van der Waals surface area (Å²) < 4.78 is 12.1. The zero-order valence-electron chi connectivity index (χ0n) is 15.6. The minimum atomic E-state index is -0.961. The van der Waals surface area contributed by atoms with Crippen LogP contribution in [0.1, 0.15) is 66.2 Å². The number of aliphatic hydroxyl groups is 1. The maximum Gasteiger partial charge on any atom is 0.338 e. The Morgan fingerprint density at radius 3 is 2.50 bits per heavy atom. The third-order valence-corrected chi connectivity index (χ3v) is 7.51. The number of hydrogen-bond donors (Lipinski definition) is 1. The van der Waals surface area contributed by atoms with Gasteiger partial charge in [-0.25, -0.2) is 4.79 Å². The van der Waals surface area contributed by atoms with Crippen molar-refractivity contribution >= 4 is 5.97 Å². The molecule has 1 spiro atoms. The van der Waals surface area contributed by atoms with Gasteiger partial charge in [-0.2, -0.15) is 0 Å². The average molecular weight is 336 g/mol. The van der Waals surface area contributed by atoms with Crippen LogP contribution in [0.25, 0.3) is 0 Å². The number of carbonyl (C=O) groups is 1. The van der Waals surface area contributed by atoms with Gasteiger partial charge in [0.25, 0.3) is 0 Å². The molecule has 0 aromatic rings. The van der Waals surface area contributed by atoms with Gasteiger partial charge in [-0.1, -0.05) is 13.8 Å². The largest absolute Gasteiger partial charge is 0.456 e. The lowest BCUT2D eigenvalue weighted by Gasteiger charge is -2.58. The van der Waals surface area contributed by atoms with Crippen molar-refractivity contribution in [2.75, 3.05) is 13.2 Å². The number of aliphatic hydroxyl groups excluding tert-OH is 1. The molecule has 5 atom stereocenters. The molecule has 0 aromatic heterocycles. The molecule has 4 rings (SSSR count). The van der Waals surface area contributed by atoms with E-state index in [1.165, 1.54) is 25.7 Å². The fraction of sp³-hybridized carbons (Fsp3) is 0.950. The molecule has 136 valence electrons. The van der Waals surface area contributed by atoms with Crippen molar-refractivity contribution in [3.8, 4) is 0 Å². The molecule has 4 aliphatic rings. The van der Waals surface area contributed by atoms with Crippen LogP contribution in [0.5, 0.6) is 0 Å². The van der Waals surface area contributed by atoms with Crippen LogP contribution in [0.3, 0.4) is 0 Å². The second-order valence-electron chi connectivity index (χ2n) is 10.4. The molecule has 4 heteroatoms. The number of rotatable bonds is 6. The smallest absolute Gasteiger partial charge is 0.338 e. The van der Waals surface area contributed by atoms with Crippen LogP contribution in [0.4, 0.5) is 0 Å². The number of esters is 1. The van der Waals surface area contributed by atoms with Gasteiger partial charge < -0.3 is 14.6 Å². The predicted molar refractivity (Wildman–Crippen MR) is 90.3 cm³/mol. The lowest BCUT2D eigenvalue weighted by molar-refractivity contribution is -0.232. The van der Waals surface area contributed by atoms with Crippen LogP contribution in [0, 0.1) is 28.6 Å². The Kier molecular flexibility index (Phi) is 3.49. The van der Waals surface area contributed by atoms with Gasteiger partial charge >= 0.3 is 5.97 Å². The molecule has 0 heterocycles. The van der Waals surface area contributed by atoms with Crippen molar-refractivity contribution in [1.29, 1.82) is 0 Å². The highest BCUT2D eigenvalue weighted by Crippen LogP contribution is 2.78. The molecule has 24 heavy (non-hydrogen) atoms. The summed E-state index contributed by atoms with van der Waals surface area (Å²) in [6.45, 7) is 7.84. The van der Waals surface area contributed by atoms with Crippen molar-refractivity contribution in [1.82, 2.24) is 0 Å². The number of carbonyl (C=O) groups excluding carboxylic acids is 1. The molecule has 0 radical (unpaired) electrons. The molecule has 0 aromatic carbocycles. The van der Waals surface area contributed by atoms with Gasteiger partial charge in [-0.15, -0.1) is 0 Å². The minimum absolute atomic E-state index is 0.0376. The van der Waals surface area contributed by atoms with E-state index in [0.717, 1.165) is 30.6 Å². The third kappa shape index (κ3) is 2.21. The number of hydrogen-bond acceptors (Lipinski definition) is 4. The lowest BCUT2D eigenvalue weighted by Crippen LogP contribution is -2.61. The zero-order valence-corrected chi connectivity index (χ0v) is 15.6. The van der Waals surface area contributed by atoms with Gasteiger partial charge in [0.15, 0.2) is 5.60 Å². The summed E-state index contributed by atoms with van der Waals surface area (Å²) in [5.41, 5.74) is -1.20. The monoisotopic (exact) mass is 336 g/mol. The van der Waals surface area contributed by atoms with Crippen LogP contribution in [-0.4, -0.2) is 35.5 Å². The van der Waals surface area contributed by atoms with Crippen LogP contribution in [-0.2, 0) is 14.3 Å². The van der Waals surface area contributed by atoms with E-state index in [4.69, 9.17) is 9.47 Å². The predicted octanol–water partition coefficient (Wildman–Crippen LogP) is 3.31. The van der Waals surface area contributed by atoms with Crippen LogP contribution in [0.15, 0.2) is 0 Å². The Morgan fingerprint density at radius 2 is 1.79 bits per heavy atom. The Hall–Kier alpha value is -0.610. The molecule has 4 saturated carbocycles. The first-order chi connectivity index (χ1) is 11.1. The Bertz CT molecular complexity index is 548. The van der Waals surface area contributed by atoms with Crippen LogP contribution >= 0.6 is 0 Å². The average Bonchev–Trinajstić information content (AvgIpc) is 2.82. The molecular weight excluding hydrogens is 304 g/mol. The van der Waals surface area contributed by atoms with Gasteiger partial charge in [-0.05, 0) is 70.1 Å². The molecule has 0 aliphatic heterocycles. The van der Waals surface area contributed by atoms with E-state index < -0.39 is 5.60 Å². The molecule has 0 saturated heterocycles. The van der Waals surface area contributed by atoms with Gasteiger partial charge in [0.2, 0.25) is 0 Å². The van der Waals surface area contributed by atoms with E-state index in [-0.39, 0.29) is 23.6 Å². The van der Waals surface area contributed by atoms with E-state index in [1.54, 1.807) is 13.8 Å². The van der Waals surface area contributed by atoms with Crippen LogP contribution < -0.4 is 0 Å². The summed E-state index contributed by atoms with van der Waals surface area (Å²) in [6.07, 6.45) is 7.41. The molecule has 0 amide bonds. The second-order valence-corrected chi connectivity index (χ2v) is 10.4. The van der Waals surface area contributed by atoms with E-state index in [9.17, 15) is 9.90 Å². The first-order valence-corrected chi connectivity index (χ1v) is 9.60. The summed E-state index contributed by atoms with van der Waals surface area (Å²) in [4.78, 5) is 12.9. The Balaban J connectivity index is 1.45. The molecule has 5 unspecified atom stereocenters. The number of fused-ring (bicyclic) bond motifs is 2. The SMILES string of the molecule is CC(C)(CO)COC(C)(C)C(=O)OC12CC3CC4CC(C1)C2(C4)C3. The molecule has 1 N–H and O–H groups in total. The van der Waals surface area contributed by atoms with Crippen molar-refractivity contribution < 1.29 is 19.4 Å². The van der Waals surface area contributed by atoms with E-state index in [2.05, 4.69) is 0 Å².